The van der Waals surface area contributed by atoms with Gasteiger partial charge in [-0.2, -0.15) is 0 Å². The molecule has 2 aliphatic rings. The minimum atomic E-state index is -0.920. The molecule has 0 aromatic carbocycles. The summed E-state index contributed by atoms with van der Waals surface area (Å²) in [4.78, 5) is 38.2. The molecule has 0 saturated heterocycles. The number of carboxylic acids is 1. The fourth-order valence-corrected chi connectivity index (χ4v) is 5.99. The third kappa shape index (κ3) is 4.49. The van der Waals surface area contributed by atoms with Crippen molar-refractivity contribution in [2.45, 2.75) is 65.7 Å². The molecule has 1 aromatic heterocycles. The van der Waals surface area contributed by atoms with Crippen LogP contribution in [0.15, 0.2) is 0 Å². The Bertz CT molecular complexity index is 807. The number of hydrogen-bond donors (Lipinski definition) is 2. The van der Waals surface area contributed by atoms with Gasteiger partial charge in [0, 0.05) is 4.88 Å². The zero-order chi connectivity index (χ0) is 21.3. The average Bonchev–Trinajstić information content (AvgIpc) is 3.03. The molecular weight excluding hydrogens is 390 g/mol. The van der Waals surface area contributed by atoms with Gasteiger partial charge in [-0.05, 0) is 49.0 Å². The van der Waals surface area contributed by atoms with Crippen molar-refractivity contribution < 1.29 is 24.2 Å². The van der Waals surface area contributed by atoms with Gasteiger partial charge in [0.1, 0.15) is 5.00 Å². The second-order valence-electron chi connectivity index (χ2n) is 9.33. The molecule has 29 heavy (non-hydrogen) atoms. The van der Waals surface area contributed by atoms with Crippen molar-refractivity contribution in [2.75, 3.05) is 12.4 Å². The van der Waals surface area contributed by atoms with E-state index in [0.29, 0.717) is 29.3 Å². The molecule has 1 fully saturated rings. The second kappa shape index (κ2) is 8.46. The molecule has 1 aromatic rings. The highest BCUT2D eigenvalue weighted by Gasteiger charge is 2.38. The van der Waals surface area contributed by atoms with E-state index in [1.54, 1.807) is 0 Å². The molecule has 1 heterocycles. The van der Waals surface area contributed by atoms with Crippen molar-refractivity contribution in [2.24, 2.45) is 23.2 Å². The molecule has 3 atom stereocenters. The van der Waals surface area contributed by atoms with Crippen LogP contribution < -0.4 is 5.32 Å². The van der Waals surface area contributed by atoms with E-state index in [2.05, 4.69) is 26.1 Å². The first-order valence-corrected chi connectivity index (χ1v) is 11.2. The fourth-order valence-electron chi connectivity index (χ4n) is 4.68. The first-order valence-electron chi connectivity index (χ1n) is 10.4. The van der Waals surface area contributed by atoms with E-state index in [1.807, 2.05) is 0 Å². The smallest absolute Gasteiger partial charge is 0.341 e. The number of aliphatic carboxylic acids is 1. The molecule has 3 rings (SSSR count). The summed E-state index contributed by atoms with van der Waals surface area (Å²) in [5.41, 5.74) is 1.61. The molecule has 7 heteroatoms. The number of rotatable bonds is 4. The highest BCUT2D eigenvalue weighted by Crippen LogP contribution is 2.45. The number of fused-ring (bicyclic) bond motifs is 1. The fraction of sp³-hybridized carbons (Fsp3) is 0.682. The highest BCUT2D eigenvalue weighted by atomic mass is 32.1. The van der Waals surface area contributed by atoms with Gasteiger partial charge in [0.05, 0.1) is 24.5 Å². The molecule has 2 N–H and O–H groups in total. The Morgan fingerprint density at radius 2 is 1.76 bits per heavy atom. The molecule has 1 amide bonds. The molecule has 0 aliphatic heterocycles. The first-order chi connectivity index (χ1) is 13.6. The SMILES string of the molecule is COC(=O)c1c(NC(=O)[C@H]2CCCC[C@H]2C(=O)O)sc2c1CC[C@H](C(C)(C)C)C2. The number of esters is 1. The van der Waals surface area contributed by atoms with Gasteiger partial charge in [-0.1, -0.05) is 33.6 Å². The average molecular weight is 422 g/mol. The van der Waals surface area contributed by atoms with Crippen LogP contribution in [-0.2, 0) is 27.2 Å². The minimum Gasteiger partial charge on any atom is -0.481 e. The van der Waals surface area contributed by atoms with Crippen LogP contribution >= 0.6 is 11.3 Å². The standard InChI is InChI=1S/C22H31NO5S/c1-22(2,3)12-9-10-15-16(11-12)29-19(17(15)21(27)28-4)23-18(24)13-7-5-6-8-14(13)20(25)26/h12-14H,5-11H2,1-4H3,(H,23,24)(H,25,26)/t12-,13-,14+/m0/s1. The lowest BCUT2D eigenvalue weighted by atomic mass is 9.72. The van der Waals surface area contributed by atoms with E-state index in [0.717, 1.165) is 42.5 Å². The van der Waals surface area contributed by atoms with E-state index in [9.17, 15) is 19.5 Å². The van der Waals surface area contributed by atoms with Crippen LogP contribution in [-0.4, -0.2) is 30.1 Å². The number of hydrogen-bond acceptors (Lipinski definition) is 5. The predicted octanol–water partition coefficient (Wildman–Crippen LogP) is 4.52. The Morgan fingerprint density at radius 1 is 1.10 bits per heavy atom. The van der Waals surface area contributed by atoms with Crippen molar-refractivity contribution in [1.82, 2.24) is 0 Å². The lowest BCUT2D eigenvalue weighted by Gasteiger charge is -2.33. The van der Waals surface area contributed by atoms with E-state index >= 15 is 0 Å². The van der Waals surface area contributed by atoms with Gasteiger partial charge in [0.15, 0.2) is 0 Å². The van der Waals surface area contributed by atoms with Crippen molar-refractivity contribution in [3.63, 3.8) is 0 Å². The second-order valence-corrected chi connectivity index (χ2v) is 10.4. The van der Waals surface area contributed by atoms with E-state index in [4.69, 9.17) is 4.74 Å². The monoisotopic (exact) mass is 421 g/mol. The van der Waals surface area contributed by atoms with Crippen LogP contribution in [0, 0.1) is 23.2 Å². The highest BCUT2D eigenvalue weighted by molar-refractivity contribution is 7.17. The van der Waals surface area contributed by atoms with Crippen LogP contribution in [0.4, 0.5) is 5.00 Å². The first kappa shape index (κ1) is 21.8. The van der Waals surface area contributed by atoms with E-state index < -0.39 is 23.8 Å². The maximum Gasteiger partial charge on any atom is 0.341 e. The van der Waals surface area contributed by atoms with Crippen LogP contribution in [0.3, 0.4) is 0 Å². The van der Waals surface area contributed by atoms with Gasteiger partial charge in [0.25, 0.3) is 0 Å². The minimum absolute atomic E-state index is 0.174. The molecular formula is C22H31NO5S. The number of carboxylic acid groups (broad SMARTS) is 1. The molecule has 2 aliphatic carbocycles. The Hall–Kier alpha value is -1.89. The maximum atomic E-state index is 13.0. The number of nitrogens with one attached hydrogen (secondary N) is 1. The summed E-state index contributed by atoms with van der Waals surface area (Å²) in [6.07, 6.45) is 5.42. The van der Waals surface area contributed by atoms with Crippen molar-refractivity contribution >= 4 is 34.2 Å². The number of carbonyl (C=O) groups excluding carboxylic acids is 2. The summed E-state index contributed by atoms with van der Waals surface area (Å²) in [5, 5.41) is 12.9. The number of thiophene rings is 1. The van der Waals surface area contributed by atoms with Crippen LogP contribution in [0.1, 0.15) is 73.7 Å². The van der Waals surface area contributed by atoms with E-state index in [-0.39, 0.29) is 11.3 Å². The zero-order valence-electron chi connectivity index (χ0n) is 17.7. The topological polar surface area (TPSA) is 92.7 Å². The van der Waals surface area contributed by atoms with E-state index in [1.165, 1.54) is 18.4 Å². The largest absolute Gasteiger partial charge is 0.481 e. The summed E-state index contributed by atoms with van der Waals surface area (Å²) >= 11 is 1.45. The van der Waals surface area contributed by atoms with Gasteiger partial charge in [-0.25, -0.2) is 4.79 Å². The molecule has 0 radical (unpaired) electrons. The lowest BCUT2D eigenvalue weighted by Crippen LogP contribution is -2.36. The number of anilines is 1. The third-order valence-corrected chi connectivity index (χ3v) is 7.71. The third-order valence-electron chi connectivity index (χ3n) is 6.54. The molecule has 0 unspecified atom stereocenters. The zero-order valence-corrected chi connectivity index (χ0v) is 18.5. The van der Waals surface area contributed by atoms with Gasteiger partial charge < -0.3 is 15.2 Å². The summed E-state index contributed by atoms with van der Waals surface area (Å²) in [5.74, 6) is -2.37. The lowest BCUT2D eigenvalue weighted by molar-refractivity contribution is -0.147. The Labute approximate surface area is 176 Å². The Balaban J connectivity index is 1.89. The summed E-state index contributed by atoms with van der Waals surface area (Å²) in [6, 6.07) is 0. The molecule has 0 spiro atoms. The number of amides is 1. The summed E-state index contributed by atoms with van der Waals surface area (Å²) in [7, 11) is 1.35. The predicted molar refractivity (Wildman–Crippen MR) is 112 cm³/mol. The van der Waals surface area contributed by atoms with Crippen LogP contribution in [0.5, 0.6) is 0 Å². The van der Waals surface area contributed by atoms with Gasteiger partial charge in [0.2, 0.25) is 5.91 Å². The van der Waals surface area contributed by atoms with Crippen LogP contribution in [0.25, 0.3) is 0 Å². The van der Waals surface area contributed by atoms with Gasteiger partial charge >= 0.3 is 11.9 Å². The van der Waals surface area contributed by atoms with Crippen molar-refractivity contribution in [3.8, 4) is 0 Å². The summed E-state index contributed by atoms with van der Waals surface area (Å²) < 4.78 is 5.00. The summed E-state index contributed by atoms with van der Waals surface area (Å²) in [6.45, 7) is 6.69. The van der Waals surface area contributed by atoms with Gasteiger partial charge in [-0.15, -0.1) is 11.3 Å². The van der Waals surface area contributed by atoms with Crippen LogP contribution in [0.2, 0.25) is 0 Å². The molecule has 6 nitrogen and oxygen atoms in total. The molecule has 1 saturated carbocycles. The quantitative estimate of drug-likeness (QED) is 0.698. The molecule has 160 valence electrons. The Kier molecular flexibility index (Phi) is 6.36. The number of methoxy groups -OCH3 is 1. The van der Waals surface area contributed by atoms with Crippen molar-refractivity contribution in [1.29, 1.82) is 0 Å². The number of ether oxygens (including phenoxy) is 1. The van der Waals surface area contributed by atoms with Crippen molar-refractivity contribution in [3.05, 3.63) is 16.0 Å². The normalized spacial score (nSPS) is 24.5. The number of carbonyl (C=O) groups is 3. The Morgan fingerprint density at radius 3 is 2.34 bits per heavy atom. The van der Waals surface area contributed by atoms with Gasteiger partial charge in [-0.3, -0.25) is 9.59 Å². The maximum absolute atomic E-state index is 13.0. The molecule has 0 bridgehead atoms.